The number of hydrogen-bond donors (Lipinski definition) is 2. The van der Waals surface area contributed by atoms with Crippen molar-refractivity contribution >= 4 is 5.97 Å². The van der Waals surface area contributed by atoms with E-state index < -0.39 is 11.4 Å². The Bertz CT molecular complexity index is 861. The fourth-order valence-corrected chi connectivity index (χ4v) is 11.5. The first kappa shape index (κ1) is 23.9. The molecular formula is C30H48O3. The summed E-state index contributed by atoms with van der Waals surface area (Å²) in [7, 11) is 0. The highest BCUT2D eigenvalue weighted by Gasteiger charge is 2.71. The number of aliphatic hydroxyl groups is 1. The van der Waals surface area contributed by atoms with E-state index >= 15 is 0 Å². The molecule has 0 bridgehead atoms. The van der Waals surface area contributed by atoms with Crippen LogP contribution >= 0.6 is 0 Å². The number of fused-ring (bicyclic) bond motifs is 7. The van der Waals surface area contributed by atoms with Crippen molar-refractivity contribution in [1.29, 1.82) is 0 Å². The second-order valence-corrected chi connectivity index (χ2v) is 14.5. The molecule has 3 heteroatoms. The quantitative estimate of drug-likeness (QED) is 0.436. The summed E-state index contributed by atoms with van der Waals surface area (Å²) in [6.45, 7) is 18.8. The molecule has 10 atom stereocenters. The molecular weight excluding hydrogens is 408 g/mol. The van der Waals surface area contributed by atoms with E-state index in [9.17, 15) is 15.0 Å². The van der Waals surface area contributed by atoms with E-state index in [1.165, 1.54) is 31.3 Å². The highest BCUT2D eigenvalue weighted by atomic mass is 16.4. The van der Waals surface area contributed by atoms with Crippen LogP contribution in [0.5, 0.6) is 0 Å². The summed E-state index contributed by atoms with van der Waals surface area (Å²) < 4.78 is 0. The van der Waals surface area contributed by atoms with Crippen LogP contribution in [0.3, 0.4) is 0 Å². The van der Waals surface area contributed by atoms with Crippen LogP contribution in [0.15, 0.2) is 12.2 Å². The molecule has 0 amide bonds. The normalized spacial score (nSPS) is 55.0. The van der Waals surface area contributed by atoms with Crippen molar-refractivity contribution in [3.63, 3.8) is 0 Å². The summed E-state index contributed by atoms with van der Waals surface area (Å²) in [6, 6.07) is 0. The number of carboxylic acid groups (broad SMARTS) is 1. The molecule has 0 saturated heterocycles. The molecule has 3 nitrogen and oxygen atoms in total. The molecule has 5 aliphatic carbocycles. The Hall–Kier alpha value is -0.830. The van der Waals surface area contributed by atoms with Gasteiger partial charge in [-0.25, -0.2) is 0 Å². The van der Waals surface area contributed by atoms with Gasteiger partial charge in [0.1, 0.15) is 0 Å². The SMILES string of the molecule is C=C(C)[C@@H]1CCC2(C(=O)O)CC[C@]3(C)C(CCC4C5(C)CCC(O)C(C)(C)C5CCC43C)C12. The van der Waals surface area contributed by atoms with Gasteiger partial charge in [0.15, 0.2) is 0 Å². The van der Waals surface area contributed by atoms with Crippen LogP contribution in [-0.2, 0) is 4.79 Å². The van der Waals surface area contributed by atoms with Crippen molar-refractivity contribution in [3.8, 4) is 0 Å². The number of aliphatic hydroxyl groups excluding tert-OH is 1. The summed E-state index contributed by atoms with van der Waals surface area (Å²) >= 11 is 0. The molecule has 5 saturated carbocycles. The minimum atomic E-state index is -0.538. The predicted molar refractivity (Wildman–Crippen MR) is 133 cm³/mol. The van der Waals surface area contributed by atoms with Gasteiger partial charge >= 0.3 is 5.97 Å². The number of carboxylic acids is 1. The van der Waals surface area contributed by atoms with Gasteiger partial charge in [-0.05, 0) is 122 Å². The van der Waals surface area contributed by atoms with Crippen LogP contribution in [0.2, 0.25) is 0 Å². The summed E-state index contributed by atoms with van der Waals surface area (Å²) in [5.41, 5.74) is 1.35. The molecule has 5 aliphatic rings. The van der Waals surface area contributed by atoms with Crippen molar-refractivity contribution in [1.82, 2.24) is 0 Å². The summed E-state index contributed by atoms with van der Waals surface area (Å²) in [5, 5.41) is 21.4. The monoisotopic (exact) mass is 456 g/mol. The summed E-state index contributed by atoms with van der Waals surface area (Å²) in [4.78, 5) is 12.8. The third-order valence-corrected chi connectivity index (χ3v) is 13.5. The lowest BCUT2D eigenvalue weighted by Gasteiger charge is -2.72. The smallest absolute Gasteiger partial charge is 0.309 e. The lowest BCUT2D eigenvalue weighted by atomic mass is 9.32. The molecule has 0 aliphatic heterocycles. The van der Waals surface area contributed by atoms with Crippen LogP contribution in [0.1, 0.15) is 106 Å². The van der Waals surface area contributed by atoms with E-state index in [4.69, 9.17) is 0 Å². The van der Waals surface area contributed by atoms with Gasteiger partial charge < -0.3 is 10.2 Å². The zero-order valence-corrected chi connectivity index (χ0v) is 22.0. The van der Waals surface area contributed by atoms with Gasteiger partial charge in [0.25, 0.3) is 0 Å². The molecule has 0 aromatic carbocycles. The first-order valence-corrected chi connectivity index (χ1v) is 13.8. The fourth-order valence-electron chi connectivity index (χ4n) is 11.5. The largest absolute Gasteiger partial charge is 0.481 e. The van der Waals surface area contributed by atoms with Crippen molar-refractivity contribution in [2.75, 3.05) is 0 Å². The summed E-state index contributed by atoms with van der Waals surface area (Å²) in [6.07, 6.45) is 10.5. The standard InChI is InChI=1S/C30H48O3/c1-18(2)19-10-15-30(25(32)33)17-16-28(6)20(24(19)30)8-9-22-27(5)13-12-23(31)26(3,4)21(27)11-14-29(22,28)7/h19-24,31H,1,8-17H2,2-7H3,(H,32,33)/t19-,20?,21?,22?,23?,24?,27?,28+,29?,30?/m0/s1. The van der Waals surface area contributed by atoms with Gasteiger partial charge in [-0.15, -0.1) is 0 Å². The zero-order valence-electron chi connectivity index (χ0n) is 22.0. The van der Waals surface area contributed by atoms with Crippen molar-refractivity contribution < 1.29 is 15.0 Å². The van der Waals surface area contributed by atoms with Gasteiger partial charge in [0, 0.05) is 0 Å². The minimum Gasteiger partial charge on any atom is -0.481 e. The van der Waals surface area contributed by atoms with E-state index in [0.717, 1.165) is 38.5 Å². The van der Waals surface area contributed by atoms with Crippen LogP contribution in [-0.4, -0.2) is 22.3 Å². The van der Waals surface area contributed by atoms with Crippen molar-refractivity contribution in [2.45, 2.75) is 112 Å². The van der Waals surface area contributed by atoms with E-state index in [0.29, 0.717) is 23.7 Å². The van der Waals surface area contributed by atoms with Gasteiger partial charge in [-0.3, -0.25) is 4.79 Å². The average molecular weight is 457 g/mol. The lowest BCUT2D eigenvalue weighted by molar-refractivity contribution is -0.248. The van der Waals surface area contributed by atoms with Gasteiger partial charge in [0.2, 0.25) is 0 Å². The first-order valence-electron chi connectivity index (χ1n) is 13.8. The summed E-state index contributed by atoms with van der Waals surface area (Å²) in [5.74, 6) is 1.79. The molecule has 0 heterocycles. The lowest BCUT2D eigenvalue weighted by Crippen LogP contribution is -2.67. The Morgan fingerprint density at radius 1 is 0.818 bits per heavy atom. The molecule has 2 N–H and O–H groups in total. The second kappa shape index (κ2) is 7.11. The average Bonchev–Trinajstić information content (AvgIpc) is 3.13. The third-order valence-electron chi connectivity index (χ3n) is 13.5. The number of aliphatic carboxylic acids is 1. The van der Waals surface area contributed by atoms with E-state index in [1.807, 2.05) is 0 Å². The molecule has 186 valence electrons. The Labute approximate surface area is 201 Å². The molecule has 8 unspecified atom stereocenters. The Kier molecular flexibility index (Phi) is 5.15. The molecule has 5 rings (SSSR count). The number of rotatable bonds is 2. The van der Waals surface area contributed by atoms with Gasteiger partial charge in [0.05, 0.1) is 11.5 Å². The van der Waals surface area contributed by atoms with E-state index in [-0.39, 0.29) is 33.7 Å². The number of hydrogen-bond acceptors (Lipinski definition) is 2. The molecule has 5 fully saturated rings. The zero-order chi connectivity index (χ0) is 24.2. The Morgan fingerprint density at radius 2 is 1.52 bits per heavy atom. The highest BCUT2D eigenvalue weighted by Crippen LogP contribution is 2.77. The molecule has 0 radical (unpaired) electrons. The van der Waals surface area contributed by atoms with E-state index in [2.05, 4.69) is 48.1 Å². The van der Waals surface area contributed by atoms with Crippen LogP contribution in [0.4, 0.5) is 0 Å². The first-order chi connectivity index (χ1) is 15.3. The molecule has 0 aromatic heterocycles. The third kappa shape index (κ3) is 2.75. The fraction of sp³-hybridized carbons (Fsp3) is 0.900. The second-order valence-electron chi connectivity index (χ2n) is 14.5. The van der Waals surface area contributed by atoms with E-state index in [1.54, 1.807) is 0 Å². The van der Waals surface area contributed by atoms with Crippen LogP contribution in [0.25, 0.3) is 0 Å². The highest BCUT2D eigenvalue weighted by molar-refractivity contribution is 5.76. The van der Waals surface area contributed by atoms with Gasteiger partial charge in [-0.2, -0.15) is 0 Å². The predicted octanol–water partition coefficient (Wildman–Crippen LogP) is 7.09. The molecule has 0 aromatic rings. The van der Waals surface area contributed by atoms with Gasteiger partial charge in [-0.1, -0.05) is 46.8 Å². The molecule has 33 heavy (non-hydrogen) atoms. The minimum absolute atomic E-state index is 0.0202. The number of allylic oxidation sites excluding steroid dienone is 1. The van der Waals surface area contributed by atoms with Crippen molar-refractivity contribution in [2.24, 2.45) is 56.7 Å². The number of carbonyl (C=O) groups is 1. The maximum Gasteiger partial charge on any atom is 0.309 e. The maximum atomic E-state index is 12.8. The van der Waals surface area contributed by atoms with Crippen LogP contribution in [0, 0.1) is 56.7 Å². The Morgan fingerprint density at radius 3 is 2.15 bits per heavy atom. The molecule has 0 spiro atoms. The topological polar surface area (TPSA) is 57.5 Å². The van der Waals surface area contributed by atoms with Crippen molar-refractivity contribution in [3.05, 3.63) is 12.2 Å². The maximum absolute atomic E-state index is 12.8. The van der Waals surface area contributed by atoms with Crippen LogP contribution < -0.4 is 0 Å². The Balaban J connectivity index is 1.57.